The van der Waals surface area contributed by atoms with Crippen LogP contribution in [0.2, 0.25) is 0 Å². The number of esters is 2. The van der Waals surface area contributed by atoms with Crippen molar-refractivity contribution >= 4 is 45.3 Å². The lowest BCUT2D eigenvalue weighted by atomic mass is 9.95. The van der Waals surface area contributed by atoms with Crippen molar-refractivity contribution in [2.24, 2.45) is 4.99 Å². The highest BCUT2D eigenvalue weighted by atomic mass is 79.9. The molecule has 0 unspecified atom stereocenters. The van der Waals surface area contributed by atoms with Crippen molar-refractivity contribution in [3.63, 3.8) is 0 Å². The van der Waals surface area contributed by atoms with Crippen LogP contribution in [-0.4, -0.2) is 36.8 Å². The zero-order valence-corrected chi connectivity index (χ0v) is 24.5. The molecule has 4 rings (SSSR count). The van der Waals surface area contributed by atoms with Crippen molar-refractivity contribution < 1.29 is 28.5 Å². The van der Waals surface area contributed by atoms with Crippen LogP contribution >= 0.6 is 27.3 Å². The molecule has 1 aliphatic heterocycles. The first kappa shape index (κ1) is 28.3. The number of fused-ring (bicyclic) bond motifs is 1. The molecular weight excluding hydrogens is 588 g/mol. The molecule has 0 aliphatic carbocycles. The third-order valence-electron chi connectivity index (χ3n) is 5.83. The predicted molar refractivity (Wildman–Crippen MR) is 150 cm³/mol. The lowest BCUT2D eigenvalue weighted by Crippen LogP contribution is -2.40. The Kier molecular flexibility index (Phi) is 8.71. The number of thiazole rings is 1. The molecule has 3 aromatic rings. The van der Waals surface area contributed by atoms with Gasteiger partial charge >= 0.3 is 11.9 Å². The maximum absolute atomic E-state index is 13.9. The fourth-order valence-electron chi connectivity index (χ4n) is 4.26. The van der Waals surface area contributed by atoms with Crippen LogP contribution in [0.1, 0.15) is 44.9 Å². The lowest BCUT2D eigenvalue weighted by molar-refractivity contribution is -0.139. The van der Waals surface area contributed by atoms with Gasteiger partial charge in [0.05, 0.1) is 42.2 Å². The van der Waals surface area contributed by atoms with Gasteiger partial charge in [-0.3, -0.25) is 14.2 Å². The summed E-state index contributed by atoms with van der Waals surface area (Å²) in [6, 6.07) is 9.60. The average molecular weight is 616 g/mol. The van der Waals surface area contributed by atoms with E-state index in [2.05, 4.69) is 20.9 Å². The highest BCUT2D eigenvalue weighted by Gasteiger charge is 2.34. The zero-order valence-electron chi connectivity index (χ0n) is 22.1. The number of methoxy groups -OCH3 is 1. The van der Waals surface area contributed by atoms with E-state index in [0.717, 1.165) is 4.47 Å². The minimum Gasteiger partial charge on any atom is -0.493 e. The molecule has 1 atom stereocenters. The minimum atomic E-state index is -0.817. The summed E-state index contributed by atoms with van der Waals surface area (Å²) in [6.45, 7) is 7.18. The van der Waals surface area contributed by atoms with Crippen molar-refractivity contribution in [2.45, 2.75) is 33.7 Å². The summed E-state index contributed by atoms with van der Waals surface area (Å²) >= 11 is 4.60. The maximum Gasteiger partial charge on any atom is 0.338 e. The summed E-state index contributed by atoms with van der Waals surface area (Å²) in [5.74, 6) is 0.286. The van der Waals surface area contributed by atoms with Gasteiger partial charge in [0, 0.05) is 17.0 Å². The number of hydrogen-bond acceptors (Lipinski definition) is 9. The van der Waals surface area contributed by atoms with E-state index in [1.54, 1.807) is 63.4 Å². The SMILES string of the molecule is CCOC(=O)C1=C(C)N=c2s/c(=C\c3cc(Br)ccc3OC(C)=O)c(=O)n2[C@@H]1c1ccc(OC)c(OCC)c1. The van der Waals surface area contributed by atoms with Crippen LogP contribution in [0.15, 0.2) is 61.9 Å². The molecule has 0 spiro atoms. The molecule has 0 fully saturated rings. The summed E-state index contributed by atoms with van der Waals surface area (Å²) in [4.78, 5) is 43.7. The normalized spacial score (nSPS) is 14.9. The number of halogens is 1. The van der Waals surface area contributed by atoms with E-state index in [4.69, 9.17) is 18.9 Å². The standard InChI is InChI=1S/C28H27BrN2O7S/c1-6-36-22-13-17(8-10-21(22)35-5)25-24(27(34)37-7-2)15(3)30-28-31(25)26(33)23(39-28)14-18-12-19(29)9-11-20(18)38-16(4)32/h8-14,25H,6-7H2,1-5H3/b23-14-/t25-/m1/s1. The molecule has 1 aromatic heterocycles. The molecule has 0 N–H and O–H groups in total. The first-order valence-electron chi connectivity index (χ1n) is 12.2. The summed E-state index contributed by atoms with van der Waals surface area (Å²) in [5, 5.41) is 0. The Bertz CT molecular complexity index is 1650. The summed E-state index contributed by atoms with van der Waals surface area (Å²) in [5.41, 5.74) is 1.51. The van der Waals surface area contributed by atoms with Crippen LogP contribution in [0, 0.1) is 0 Å². The maximum atomic E-state index is 13.9. The second-order valence-corrected chi connectivity index (χ2v) is 10.3. The Balaban J connectivity index is 1.98. The Morgan fingerprint density at radius 1 is 1.10 bits per heavy atom. The Labute approximate surface area is 237 Å². The van der Waals surface area contributed by atoms with Gasteiger partial charge in [-0.25, -0.2) is 9.79 Å². The Morgan fingerprint density at radius 3 is 2.51 bits per heavy atom. The van der Waals surface area contributed by atoms with Crippen LogP contribution in [0.25, 0.3) is 6.08 Å². The number of rotatable bonds is 8. The smallest absolute Gasteiger partial charge is 0.338 e. The average Bonchev–Trinajstić information content (AvgIpc) is 3.19. The molecule has 2 aromatic carbocycles. The van der Waals surface area contributed by atoms with E-state index in [9.17, 15) is 14.4 Å². The molecule has 1 aliphatic rings. The second kappa shape index (κ2) is 12.0. The second-order valence-electron chi connectivity index (χ2n) is 8.42. The number of aromatic nitrogens is 1. The van der Waals surface area contributed by atoms with Crippen molar-refractivity contribution in [1.29, 1.82) is 0 Å². The monoisotopic (exact) mass is 614 g/mol. The molecular formula is C28H27BrN2O7S. The van der Waals surface area contributed by atoms with Gasteiger partial charge in [0.2, 0.25) is 0 Å². The number of allylic oxidation sites excluding steroid dienone is 1. The number of carbonyl (C=O) groups excluding carboxylic acids is 2. The number of carbonyl (C=O) groups is 2. The zero-order chi connectivity index (χ0) is 28.3. The van der Waals surface area contributed by atoms with Crippen LogP contribution < -0.4 is 29.1 Å². The number of ether oxygens (including phenoxy) is 4. The van der Waals surface area contributed by atoms with E-state index in [1.165, 1.54) is 22.8 Å². The number of nitrogens with zero attached hydrogens (tertiary/aromatic N) is 2. The van der Waals surface area contributed by atoms with Crippen LogP contribution in [0.3, 0.4) is 0 Å². The van der Waals surface area contributed by atoms with Gasteiger partial charge in [-0.2, -0.15) is 0 Å². The topological polar surface area (TPSA) is 105 Å². The van der Waals surface area contributed by atoms with Gasteiger partial charge in [-0.15, -0.1) is 0 Å². The van der Waals surface area contributed by atoms with E-state index >= 15 is 0 Å². The van der Waals surface area contributed by atoms with Crippen molar-refractivity contribution in [2.75, 3.05) is 20.3 Å². The number of hydrogen-bond donors (Lipinski definition) is 0. The third-order valence-corrected chi connectivity index (χ3v) is 7.31. The molecule has 9 nitrogen and oxygen atoms in total. The Hall–Kier alpha value is -3.70. The first-order valence-corrected chi connectivity index (χ1v) is 13.8. The van der Waals surface area contributed by atoms with Gasteiger partial charge in [-0.05, 0) is 62.7 Å². The molecule has 0 bridgehead atoms. The largest absolute Gasteiger partial charge is 0.493 e. The first-order chi connectivity index (χ1) is 18.7. The fraction of sp³-hybridized carbons (Fsp3) is 0.286. The quantitative estimate of drug-likeness (QED) is 0.280. The van der Waals surface area contributed by atoms with E-state index in [1.807, 2.05) is 6.92 Å². The Morgan fingerprint density at radius 2 is 1.85 bits per heavy atom. The minimum absolute atomic E-state index is 0.168. The van der Waals surface area contributed by atoms with Crippen LogP contribution in [-0.2, 0) is 14.3 Å². The van der Waals surface area contributed by atoms with Crippen molar-refractivity contribution in [3.05, 3.63) is 83.0 Å². The molecule has 39 heavy (non-hydrogen) atoms. The van der Waals surface area contributed by atoms with E-state index in [-0.39, 0.29) is 17.7 Å². The molecule has 0 saturated heterocycles. The number of benzene rings is 2. The molecule has 0 radical (unpaired) electrons. The predicted octanol–water partition coefficient (Wildman–Crippen LogP) is 3.89. The summed E-state index contributed by atoms with van der Waals surface area (Å²) in [7, 11) is 1.54. The molecule has 2 heterocycles. The molecule has 0 saturated carbocycles. The van der Waals surface area contributed by atoms with Crippen LogP contribution in [0.5, 0.6) is 17.2 Å². The van der Waals surface area contributed by atoms with E-state index in [0.29, 0.717) is 50.0 Å². The van der Waals surface area contributed by atoms with Crippen molar-refractivity contribution in [1.82, 2.24) is 4.57 Å². The van der Waals surface area contributed by atoms with Gasteiger partial charge in [0.15, 0.2) is 16.3 Å². The fourth-order valence-corrected chi connectivity index (χ4v) is 5.68. The third kappa shape index (κ3) is 5.84. The van der Waals surface area contributed by atoms with Gasteiger partial charge in [0.25, 0.3) is 5.56 Å². The highest BCUT2D eigenvalue weighted by Crippen LogP contribution is 2.36. The van der Waals surface area contributed by atoms with Crippen LogP contribution in [0.4, 0.5) is 0 Å². The van der Waals surface area contributed by atoms with Gasteiger partial charge < -0.3 is 18.9 Å². The summed E-state index contributed by atoms with van der Waals surface area (Å²) < 4.78 is 24.5. The lowest BCUT2D eigenvalue weighted by Gasteiger charge is -2.25. The molecule has 204 valence electrons. The molecule has 0 amide bonds. The van der Waals surface area contributed by atoms with E-state index < -0.39 is 18.0 Å². The van der Waals surface area contributed by atoms with Gasteiger partial charge in [0.1, 0.15) is 5.75 Å². The van der Waals surface area contributed by atoms with Gasteiger partial charge in [-0.1, -0.05) is 33.3 Å². The van der Waals surface area contributed by atoms with Crippen molar-refractivity contribution in [3.8, 4) is 17.2 Å². The molecule has 11 heteroatoms. The summed E-state index contributed by atoms with van der Waals surface area (Å²) in [6.07, 6.45) is 1.65. The highest BCUT2D eigenvalue weighted by molar-refractivity contribution is 9.10.